The summed E-state index contributed by atoms with van der Waals surface area (Å²) in [6.07, 6.45) is 1.45. The second-order valence-electron chi connectivity index (χ2n) is 6.80. The Hall–Kier alpha value is -2.57. The van der Waals surface area contributed by atoms with Crippen LogP contribution in [0.5, 0.6) is 0 Å². The highest BCUT2D eigenvalue weighted by Gasteiger charge is 2.39. The molecular weight excluding hydrogens is 322 g/mol. The van der Waals surface area contributed by atoms with Gasteiger partial charge < -0.3 is 20.2 Å². The monoisotopic (exact) mass is 345 g/mol. The van der Waals surface area contributed by atoms with Crippen LogP contribution in [-0.4, -0.2) is 58.5 Å². The fourth-order valence-corrected chi connectivity index (χ4v) is 3.47. The van der Waals surface area contributed by atoms with Crippen molar-refractivity contribution in [3.8, 4) is 0 Å². The van der Waals surface area contributed by atoms with E-state index in [0.717, 1.165) is 11.3 Å². The van der Waals surface area contributed by atoms with Gasteiger partial charge in [0.25, 0.3) is 0 Å². The van der Waals surface area contributed by atoms with E-state index in [-0.39, 0.29) is 30.9 Å². The van der Waals surface area contributed by atoms with Crippen molar-refractivity contribution in [2.45, 2.75) is 32.2 Å². The molecule has 2 aliphatic rings. The predicted octanol–water partition coefficient (Wildman–Crippen LogP) is 1.92. The molecule has 25 heavy (non-hydrogen) atoms. The van der Waals surface area contributed by atoms with E-state index in [0.29, 0.717) is 25.9 Å². The van der Waals surface area contributed by atoms with E-state index in [1.807, 2.05) is 31.2 Å². The lowest BCUT2D eigenvalue weighted by Crippen LogP contribution is -2.48. The van der Waals surface area contributed by atoms with Gasteiger partial charge in [0.2, 0.25) is 5.91 Å². The number of amides is 3. The molecule has 0 bridgehead atoms. The molecular formula is C18H23N3O4. The van der Waals surface area contributed by atoms with Crippen LogP contribution in [0.2, 0.25) is 0 Å². The van der Waals surface area contributed by atoms with Crippen LogP contribution in [0.3, 0.4) is 0 Å². The Morgan fingerprint density at radius 3 is 2.36 bits per heavy atom. The van der Waals surface area contributed by atoms with Crippen LogP contribution in [0.4, 0.5) is 10.5 Å². The molecule has 0 radical (unpaired) electrons. The number of carbonyl (C=O) groups is 3. The highest BCUT2D eigenvalue weighted by atomic mass is 16.4. The molecule has 3 amide bonds. The van der Waals surface area contributed by atoms with Gasteiger partial charge in [-0.15, -0.1) is 0 Å². The number of carboxylic acid groups (broad SMARTS) is 1. The first-order valence-corrected chi connectivity index (χ1v) is 8.59. The zero-order valence-corrected chi connectivity index (χ0v) is 14.3. The van der Waals surface area contributed by atoms with E-state index < -0.39 is 11.9 Å². The van der Waals surface area contributed by atoms with Crippen molar-refractivity contribution in [2.75, 3.05) is 25.0 Å². The van der Waals surface area contributed by atoms with Crippen LogP contribution < -0.4 is 5.32 Å². The molecule has 2 saturated heterocycles. The van der Waals surface area contributed by atoms with E-state index in [4.69, 9.17) is 5.11 Å². The summed E-state index contributed by atoms with van der Waals surface area (Å²) in [7, 11) is 0. The maximum atomic E-state index is 12.3. The van der Waals surface area contributed by atoms with Gasteiger partial charge in [-0.3, -0.25) is 9.59 Å². The average molecular weight is 345 g/mol. The fraction of sp³-hybridized carbons (Fsp3) is 0.500. The average Bonchev–Trinajstić information content (AvgIpc) is 2.99. The Bertz CT molecular complexity index is 665. The van der Waals surface area contributed by atoms with Crippen molar-refractivity contribution in [3.05, 3.63) is 29.8 Å². The third-order valence-corrected chi connectivity index (χ3v) is 5.00. The Kier molecular flexibility index (Phi) is 4.92. The van der Waals surface area contributed by atoms with E-state index >= 15 is 0 Å². The lowest BCUT2D eigenvalue weighted by molar-refractivity contribution is -0.141. The van der Waals surface area contributed by atoms with Crippen LogP contribution in [0.1, 0.15) is 24.8 Å². The molecule has 2 fully saturated rings. The van der Waals surface area contributed by atoms with Gasteiger partial charge in [-0.05, 0) is 31.9 Å². The Balaban J connectivity index is 1.51. The van der Waals surface area contributed by atoms with E-state index in [2.05, 4.69) is 5.32 Å². The minimum atomic E-state index is -0.911. The molecule has 0 spiro atoms. The van der Waals surface area contributed by atoms with Crippen LogP contribution in [0.15, 0.2) is 24.3 Å². The van der Waals surface area contributed by atoms with Crippen molar-refractivity contribution in [1.82, 2.24) is 9.80 Å². The first-order valence-electron chi connectivity index (χ1n) is 8.59. The lowest BCUT2D eigenvalue weighted by atomic mass is 10.0. The summed E-state index contributed by atoms with van der Waals surface area (Å²) in [5.74, 6) is -1.60. The van der Waals surface area contributed by atoms with Gasteiger partial charge in [-0.1, -0.05) is 17.7 Å². The third-order valence-electron chi connectivity index (χ3n) is 5.00. The topological polar surface area (TPSA) is 90.0 Å². The van der Waals surface area contributed by atoms with Gasteiger partial charge in [0.1, 0.15) is 0 Å². The number of benzene rings is 1. The fourth-order valence-electron chi connectivity index (χ4n) is 3.47. The van der Waals surface area contributed by atoms with E-state index in [9.17, 15) is 14.4 Å². The van der Waals surface area contributed by atoms with Crippen molar-refractivity contribution >= 4 is 23.6 Å². The van der Waals surface area contributed by atoms with Crippen LogP contribution in [-0.2, 0) is 9.59 Å². The van der Waals surface area contributed by atoms with Gasteiger partial charge in [-0.25, -0.2) is 4.79 Å². The summed E-state index contributed by atoms with van der Waals surface area (Å²) < 4.78 is 0. The molecule has 0 saturated carbocycles. The van der Waals surface area contributed by atoms with Crippen molar-refractivity contribution in [1.29, 1.82) is 0 Å². The van der Waals surface area contributed by atoms with Gasteiger partial charge in [-0.2, -0.15) is 0 Å². The minimum Gasteiger partial charge on any atom is -0.481 e. The zero-order valence-electron chi connectivity index (χ0n) is 14.3. The Morgan fingerprint density at radius 2 is 1.80 bits per heavy atom. The van der Waals surface area contributed by atoms with Gasteiger partial charge in [0.15, 0.2) is 0 Å². The SMILES string of the molecule is Cc1ccc(NC(=O)N2CCC(N3CC(C(=O)O)CC3=O)CC2)cc1. The highest BCUT2D eigenvalue weighted by molar-refractivity contribution is 5.89. The van der Waals surface area contributed by atoms with Gasteiger partial charge in [0, 0.05) is 37.8 Å². The van der Waals surface area contributed by atoms with Crippen LogP contribution >= 0.6 is 0 Å². The molecule has 7 heteroatoms. The van der Waals surface area contributed by atoms with E-state index in [1.54, 1.807) is 9.80 Å². The number of rotatable bonds is 3. The Labute approximate surface area is 146 Å². The van der Waals surface area contributed by atoms with Gasteiger partial charge in [0.05, 0.1) is 5.92 Å². The number of nitrogens with zero attached hydrogens (tertiary/aromatic N) is 2. The number of hydrogen-bond acceptors (Lipinski definition) is 3. The van der Waals surface area contributed by atoms with E-state index in [1.165, 1.54) is 0 Å². The Morgan fingerprint density at radius 1 is 1.16 bits per heavy atom. The second kappa shape index (κ2) is 7.13. The number of piperidine rings is 1. The predicted molar refractivity (Wildman–Crippen MR) is 92.2 cm³/mol. The van der Waals surface area contributed by atoms with Crippen molar-refractivity contribution < 1.29 is 19.5 Å². The summed E-state index contributed by atoms with van der Waals surface area (Å²) in [4.78, 5) is 38.9. The molecule has 134 valence electrons. The maximum Gasteiger partial charge on any atom is 0.321 e. The zero-order chi connectivity index (χ0) is 18.0. The standard InChI is InChI=1S/C18H23N3O4/c1-12-2-4-14(5-3-12)19-18(25)20-8-6-15(7-9-20)21-11-13(17(23)24)10-16(21)22/h2-5,13,15H,6-11H2,1H3,(H,19,25)(H,23,24). The summed E-state index contributed by atoms with van der Waals surface area (Å²) in [6, 6.07) is 7.52. The minimum absolute atomic E-state index is 0.0280. The highest BCUT2D eigenvalue weighted by Crippen LogP contribution is 2.26. The molecule has 2 heterocycles. The van der Waals surface area contributed by atoms with Crippen molar-refractivity contribution in [2.24, 2.45) is 5.92 Å². The summed E-state index contributed by atoms with van der Waals surface area (Å²) in [6.45, 7) is 3.40. The smallest absolute Gasteiger partial charge is 0.321 e. The summed E-state index contributed by atoms with van der Waals surface area (Å²) >= 11 is 0. The number of urea groups is 1. The number of nitrogens with one attached hydrogen (secondary N) is 1. The molecule has 1 unspecified atom stereocenters. The molecule has 7 nitrogen and oxygen atoms in total. The number of aryl methyl sites for hydroxylation is 1. The number of carbonyl (C=O) groups excluding carboxylic acids is 2. The second-order valence-corrected chi connectivity index (χ2v) is 6.80. The first kappa shape index (κ1) is 17.3. The number of likely N-dealkylation sites (tertiary alicyclic amines) is 2. The van der Waals surface area contributed by atoms with Crippen LogP contribution in [0.25, 0.3) is 0 Å². The normalized spacial score (nSPS) is 21.5. The lowest BCUT2D eigenvalue weighted by Gasteiger charge is -2.36. The number of anilines is 1. The molecule has 1 atom stereocenters. The molecule has 0 aliphatic carbocycles. The quantitative estimate of drug-likeness (QED) is 0.876. The molecule has 1 aromatic rings. The van der Waals surface area contributed by atoms with Crippen LogP contribution in [0, 0.1) is 12.8 Å². The molecule has 2 aliphatic heterocycles. The molecule has 3 rings (SSSR count). The van der Waals surface area contributed by atoms with Gasteiger partial charge >= 0.3 is 12.0 Å². The summed E-state index contributed by atoms with van der Waals surface area (Å²) in [5.41, 5.74) is 1.89. The molecule has 0 aromatic heterocycles. The first-order chi connectivity index (χ1) is 11.9. The van der Waals surface area contributed by atoms with Crippen molar-refractivity contribution in [3.63, 3.8) is 0 Å². The maximum absolute atomic E-state index is 12.3. The molecule has 2 N–H and O–H groups in total. The number of aliphatic carboxylic acids is 1. The number of carboxylic acids is 1. The molecule has 1 aromatic carbocycles. The third kappa shape index (κ3) is 3.92. The summed E-state index contributed by atoms with van der Waals surface area (Å²) in [5, 5.41) is 12.0. The largest absolute Gasteiger partial charge is 0.481 e. The number of hydrogen-bond donors (Lipinski definition) is 2.